The van der Waals surface area contributed by atoms with Gasteiger partial charge in [0.1, 0.15) is 12.1 Å². The summed E-state index contributed by atoms with van der Waals surface area (Å²) in [5.41, 5.74) is 2.14. The van der Waals surface area contributed by atoms with E-state index in [0.717, 1.165) is 0 Å². The van der Waals surface area contributed by atoms with Crippen LogP contribution < -0.4 is 0 Å². The average molecular weight is 253 g/mol. The fourth-order valence-corrected chi connectivity index (χ4v) is 1.78. The van der Waals surface area contributed by atoms with Crippen molar-refractivity contribution in [3.8, 4) is 5.69 Å². The number of hydrogen-bond acceptors (Lipinski definition) is 2. The minimum atomic E-state index is -0.478. The Morgan fingerprint density at radius 2 is 2.06 bits per heavy atom. The van der Waals surface area contributed by atoms with Gasteiger partial charge in [-0.25, -0.2) is 9.07 Å². The molecule has 17 heavy (non-hydrogen) atoms. The largest absolute Gasteiger partial charge is 0.298 e. The third-order valence-electron chi connectivity index (χ3n) is 2.49. The molecule has 0 aliphatic heterocycles. The first-order chi connectivity index (χ1) is 8.02. The molecule has 1 aromatic heterocycles. The summed E-state index contributed by atoms with van der Waals surface area (Å²) in [6.45, 7) is 3.56. The quantitative estimate of drug-likeness (QED) is 0.770. The molecular formula is C12H10ClFN2O. The van der Waals surface area contributed by atoms with Crippen molar-refractivity contribution in [2.75, 3.05) is 0 Å². The summed E-state index contributed by atoms with van der Waals surface area (Å²) in [6.07, 6.45) is 0.597. The predicted octanol–water partition coefficient (Wildman–Crippen LogP) is 3.09. The van der Waals surface area contributed by atoms with Crippen LogP contribution >= 0.6 is 11.6 Å². The first-order valence-electron chi connectivity index (χ1n) is 5.01. The van der Waals surface area contributed by atoms with Crippen molar-refractivity contribution < 1.29 is 9.18 Å². The molecule has 0 N–H and O–H groups in total. The number of aromatic nitrogens is 2. The molecule has 1 heterocycles. The molecule has 0 fully saturated rings. The van der Waals surface area contributed by atoms with E-state index in [0.29, 0.717) is 28.4 Å². The Morgan fingerprint density at radius 3 is 2.59 bits per heavy atom. The Labute approximate surface area is 103 Å². The van der Waals surface area contributed by atoms with Gasteiger partial charge in [0.25, 0.3) is 0 Å². The maximum Gasteiger partial charge on any atom is 0.150 e. The number of aldehydes is 1. The summed E-state index contributed by atoms with van der Waals surface area (Å²) < 4.78 is 14.8. The summed E-state index contributed by atoms with van der Waals surface area (Å²) >= 11 is 6.02. The molecule has 0 amide bonds. The van der Waals surface area contributed by atoms with E-state index in [1.54, 1.807) is 19.9 Å². The van der Waals surface area contributed by atoms with Crippen molar-refractivity contribution in [2.45, 2.75) is 13.8 Å². The Morgan fingerprint density at radius 1 is 1.35 bits per heavy atom. The number of carbonyl (C=O) groups is 1. The highest BCUT2D eigenvalue weighted by molar-refractivity contribution is 6.31. The summed E-state index contributed by atoms with van der Waals surface area (Å²) in [6, 6.07) is 4.04. The van der Waals surface area contributed by atoms with Gasteiger partial charge in [-0.1, -0.05) is 11.6 Å². The normalized spacial score (nSPS) is 10.6. The average Bonchev–Trinajstić information content (AvgIpc) is 2.56. The number of halogens is 2. The molecule has 0 radical (unpaired) electrons. The van der Waals surface area contributed by atoms with Gasteiger partial charge in [-0.15, -0.1) is 0 Å². The Hall–Kier alpha value is -1.68. The van der Waals surface area contributed by atoms with E-state index in [1.165, 1.54) is 16.8 Å². The summed E-state index contributed by atoms with van der Waals surface area (Å²) in [4.78, 5) is 10.7. The van der Waals surface area contributed by atoms with Gasteiger partial charge in [-0.05, 0) is 32.0 Å². The lowest BCUT2D eigenvalue weighted by atomic mass is 10.2. The molecule has 5 heteroatoms. The molecule has 0 bridgehead atoms. The second-order valence-corrected chi connectivity index (χ2v) is 4.14. The topological polar surface area (TPSA) is 34.9 Å². The smallest absolute Gasteiger partial charge is 0.150 e. The molecule has 3 nitrogen and oxygen atoms in total. The van der Waals surface area contributed by atoms with Crippen LogP contribution in [-0.2, 0) is 0 Å². The number of carbonyl (C=O) groups excluding carboxylic acids is 1. The molecular weight excluding hydrogens is 243 g/mol. The second-order valence-electron chi connectivity index (χ2n) is 3.76. The first-order valence-corrected chi connectivity index (χ1v) is 5.38. The molecule has 0 aliphatic rings. The highest BCUT2D eigenvalue weighted by atomic mass is 35.5. The van der Waals surface area contributed by atoms with Crippen LogP contribution in [0.3, 0.4) is 0 Å². The predicted molar refractivity (Wildman–Crippen MR) is 63.4 cm³/mol. The highest BCUT2D eigenvalue weighted by Gasteiger charge is 2.11. The molecule has 2 rings (SSSR count). The van der Waals surface area contributed by atoms with E-state index in [9.17, 15) is 9.18 Å². The maximum atomic E-state index is 13.3. The molecule has 0 saturated heterocycles. The zero-order valence-corrected chi connectivity index (χ0v) is 10.1. The van der Waals surface area contributed by atoms with Crippen molar-refractivity contribution in [1.82, 2.24) is 9.78 Å². The molecule has 0 saturated carbocycles. The minimum absolute atomic E-state index is 0.267. The Kier molecular flexibility index (Phi) is 2.98. The summed E-state index contributed by atoms with van der Waals surface area (Å²) in [5, 5.41) is 4.74. The maximum absolute atomic E-state index is 13.3. The van der Waals surface area contributed by atoms with E-state index in [1.807, 2.05) is 0 Å². The van der Waals surface area contributed by atoms with Gasteiger partial charge in [0.15, 0.2) is 0 Å². The van der Waals surface area contributed by atoms with Crippen LogP contribution in [0.5, 0.6) is 0 Å². The van der Waals surface area contributed by atoms with E-state index < -0.39 is 5.82 Å². The van der Waals surface area contributed by atoms with Gasteiger partial charge in [-0.2, -0.15) is 5.10 Å². The van der Waals surface area contributed by atoms with Crippen LogP contribution in [0.25, 0.3) is 5.69 Å². The monoisotopic (exact) mass is 252 g/mol. The van der Waals surface area contributed by atoms with Crippen molar-refractivity contribution in [1.29, 1.82) is 0 Å². The van der Waals surface area contributed by atoms with Crippen LogP contribution in [0.1, 0.15) is 21.7 Å². The number of rotatable bonds is 2. The van der Waals surface area contributed by atoms with Crippen LogP contribution in [-0.4, -0.2) is 16.1 Å². The Balaban J connectivity index is 2.63. The molecule has 0 aliphatic carbocycles. The van der Waals surface area contributed by atoms with Crippen molar-refractivity contribution in [3.05, 3.63) is 46.0 Å². The first kappa shape index (κ1) is 11.8. The van der Waals surface area contributed by atoms with Gasteiger partial charge in [0.05, 0.1) is 22.1 Å². The van der Waals surface area contributed by atoms with E-state index in [4.69, 9.17) is 11.6 Å². The molecule has 0 spiro atoms. The SMILES string of the molecule is Cc1nn(-c2cc(F)cc(C=O)c2)c(C)c1Cl. The van der Waals surface area contributed by atoms with E-state index in [-0.39, 0.29) is 5.56 Å². The van der Waals surface area contributed by atoms with Crippen LogP contribution in [0, 0.1) is 19.7 Å². The van der Waals surface area contributed by atoms with Gasteiger partial charge in [-0.3, -0.25) is 4.79 Å². The van der Waals surface area contributed by atoms with Gasteiger partial charge < -0.3 is 0 Å². The number of aryl methyl sites for hydroxylation is 1. The molecule has 88 valence electrons. The van der Waals surface area contributed by atoms with Crippen molar-refractivity contribution in [3.63, 3.8) is 0 Å². The Bertz CT molecular complexity index is 592. The molecule has 1 aromatic carbocycles. The standard InChI is InChI=1S/C12H10ClFN2O/c1-7-12(13)8(2)16(15-7)11-4-9(6-17)3-10(14)5-11/h3-6H,1-2H3. The highest BCUT2D eigenvalue weighted by Crippen LogP contribution is 2.23. The van der Waals surface area contributed by atoms with Crippen molar-refractivity contribution >= 4 is 17.9 Å². The third kappa shape index (κ3) is 2.08. The molecule has 0 unspecified atom stereocenters. The van der Waals surface area contributed by atoms with Crippen LogP contribution in [0.4, 0.5) is 4.39 Å². The van der Waals surface area contributed by atoms with Crippen molar-refractivity contribution in [2.24, 2.45) is 0 Å². The fourth-order valence-electron chi connectivity index (χ4n) is 1.66. The van der Waals surface area contributed by atoms with Crippen LogP contribution in [0.15, 0.2) is 18.2 Å². The fraction of sp³-hybridized carbons (Fsp3) is 0.167. The number of benzene rings is 1. The number of hydrogen-bond donors (Lipinski definition) is 0. The van der Waals surface area contributed by atoms with Gasteiger partial charge in [0, 0.05) is 5.56 Å². The second kappa shape index (κ2) is 4.30. The van der Waals surface area contributed by atoms with Gasteiger partial charge >= 0.3 is 0 Å². The minimum Gasteiger partial charge on any atom is -0.298 e. The van der Waals surface area contributed by atoms with E-state index in [2.05, 4.69) is 5.10 Å². The number of nitrogens with zero attached hydrogens (tertiary/aromatic N) is 2. The molecule has 2 aromatic rings. The zero-order chi connectivity index (χ0) is 12.6. The lowest BCUT2D eigenvalue weighted by Gasteiger charge is -2.05. The molecule has 0 atom stereocenters. The van der Waals surface area contributed by atoms with E-state index >= 15 is 0 Å². The van der Waals surface area contributed by atoms with Crippen LogP contribution in [0.2, 0.25) is 5.02 Å². The van der Waals surface area contributed by atoms with Gasteiger partial charge in [0.2, 0.25) is 0 Å². The zero-order valence-electron chi connectivity index (χ0n) is 9.37. The lowest BCUT2D eigenvalue weighted by Crippen LogP contribution is -2.01. The lowest BCUT2D eigenvalue weighted by molar-refractivity contribution is 0.112. The summed E-state index contributed by atoms with van der Waals surface area (Å²) in [5.74, 6) is -0.478. The summed E-state index contributed by atoms with van der Waals surface area (Å²) in [7, 11) is 0. The third-order valence-corrected chi connectivity index (χ3v) is 3.04.